The molecule has 1 aromatic rings. The summed E-state index contributed by atoms with van der Waals surface area (Å²) in [4.78, 5) is 12.5. The first-order valence-corrected chi connectivity index (χ1v) is 7.24. The van der Waals surface area contributed by atoms with Gasteiger partial charge in [-0.2, -0.15) is 0 Å². The van der Waals surface area contributed by atoms with Gasteiger partial charge in [0.15, 0.2) is 0 Å². The minimum Gasteiger partial charge on any atom is -0.353 e. The number of hydrogen-bond acceptors (Lipinski definition) is 3. The molecule has 1 amide bonds. The van der Waals surface area contributed by atoms with Crippen LogP contribution in [0, 0.1) is 0 Å². The van der Waals surface area contributed by atoms with Gasteiger partial charge in [0.1, 0.15) is 0 Å². The lowest BCUT2D eigenvalue weighted by molar-refractivity contribution is -0.119. The molecular weight excluding hydrogens is 268 g/mol. The van der Waals surface area contributed by atoms with Crippen LogP contribution in [0.4, 0.5) is 0 Å². The van der Waals surface area contributed by atoms with E-state index in [1.165, 1.54) is 11.8 Å². The average molecular weight is 287 g/mol. The number of hydrogen-bond donors (Lipinski definition) is 2. The number of amides is 1. The summed E-state index contributed by atoms with van der Waals surface area (Å²) in [5.74, 6) is 0.463. The first-order chi connectivity index (χ1) is 8.52. The van der Waals surface area contributed by atoms with Gasteiger partial charge >= 0.3 is 0 Å². The molecular formula is C13H19ClN2OS. The molecule has 0 atom stereocenters. The highest BCUT2D eigenvalue weighted by Gasteiger charge is 2.06. The second-order valence-electron chi connectivity index (χ2n) is 4.29. The highest BCUT2D eigenvalue weighted by Crippen LogP contribution is 2.24. The van der Waals surface area contributed by atoms with Gasteiger partial charge in [-0.1, -0.05) is 17.7 Å². The van der Waals surface area contributed by atoms with E-state index in [0.29, 0.717) is 5.75 Å². The second-order valence-corrected chi connectivity index (χ2v) is 5.75. The van der Waals surface area contributed by atoms with Gasteiger partial charge in [0.25, 0.3) is 0 Å². The quantitative estimate of drug-likeness (QED) is 0.790. The highest BCUT2D eigenvalue weighted by atomic mass is 35.5. The van der Waals surface area contributed by atoms with Crippen LogP contribution in [0.1, 0.15) is 19.4 Å². The Morgan fingerprint density at radius 2 is 2.17 bits per heavy atom. The first-order valence-electron chi connectivity index (χ1n) is 5.88. The average Bonchev–Trinajstić information content (AvgIpc) is 2.29. The summed E-state index contributed by atoms with van der Waals surface area (Å²) < 4.78 is 0. The molecule has 0 radical (unpaired) electrons. The largest absolute Gasteiger partial charge is 0.353 e. The predicted molar refractivity (Wildman–Crippen MR) is 78.2 cm³/mol. The Morgan fingerprint density at radius 3 is 2.72 bits per heavy atom. The second kappa shape index (κ2) is 7.67. The van der Waals surface area contributed by atoms with Crippen molar-refractivity contribution in [2.45, 2.75) is 31.3 Å². The normalized spacial score (nSPS) is 10.7. The minimum absolute atomic E-state index is 0.0467. The number of halogens is 1. The van der Waals surface area contributed by atoms with E-state index in [-0.39, 0.29) is 11.9 Å². The summed E-state index contributed by atoms with van der Waals surface area (Å²) in [5, 5.41) is 6.65. The molecule has 0 aliphatic carbocycles. The van der Waals surface area contributed by atoms with Crippen molar-refractivity contribution in [1.29, 1.82) is 0 Å². The molecule has 0 saturated heterocycles. The molecule has 5 heteroatoms. The van der Waals surface area contributed by atoms with Gasteiger partial charge in [-0.3, -0.25) is 4.79 Å². The lowest BCUT2D eigenvalue weighted by Gasteiger charge is -2.09. The molecule has 1 rings (SSSR count). The van der Waals surface area contributed by atoms with Gasteiger partial charge in [-0.05, 0) is 38.6 Å². The van der Waals surface area contributed by atoms with Crippen LogP contribution in [0.15, 0.2) is 23.1 Å². The molecule has 0 bridgehead atoms. The molecule has 0 unspecified atom stereocenters. The fraction of sp³-hybridized carbons (Fsp3) is 0.462. The van der Waals surface area contributed by atoms with Gasteiger partial charge in [0.05, 0.1) is 5.75 Å². The van der Waals surface area contributed by atoms with Gasteiger partial charge in [0, 0.05) is 22.5 Å². The van der Waals surface area contributed by atoms with E-state index in [2.05, 4.69) is 10.6 Å². The molecule has 1 aromatic carbocycles. The molecule has 18 heavy (non-hydrogen) atoms. The van der Waals surface area contributed by atoms with Crippen molar-refractivity contribution < 1.29 is 4.79 Å². The molecule has 100 valence electrons. The number of benzene rings is 1. The maximum absolute atomic E-state index is 11.5. The van der Waals surface area contributed by atoms with Crippen LogP contribution in [-0.4, -0.2) is 24.7 Å². The third-order valence-corrected chi connectivity index (χ3v) is 3.56. The lowest BCUT2D eigenvalue weighted by atomic mass is 10.2. The molecule has 0 spiro atoms. The summed E-state index contributed by atoms with van der Waals surface area (Å²) in [6.45, 7) is 4.65. The maximum atomic E-state index is 11.5. The van der Waals surface area contributed by atoms with E-state index in [1.54, 1.807) is 0 Å². The molecule has 0 heterocycles. The lowest BCUT2D eigenvalue weighted by Crippen LogP contribution is -2.31. The Hall–Kier alpha value is -0.710. The van der Waals surface area contributed by atoms with Crippen LogP contribution >= 0.6 is 23.4 Å². The Labute approximate surface area is 118 Å². The third-order valence-electron chi connectivity index (χ3n) is 2.21. The van der Waals surface area contributed by atoms with E-state index < -0.39 is 0 Å². The standard InChI is InChI=1S/C13H19ClN2OS/c1-9(2)16-13(17)8-18-11-5-4-10(7-15-3)12(14)6-11/h4-6,9,15H,7-8H2,1-3H3,(H,16,17). The van der Waals surface area contributed by atoms with Gasteiger partial charge in [-0.25, -0.2) is 0 Å². The van der Waals surface area contributed by atoms with Crippen molar-refractivity contribution in [2.24, 2.45) is 0 Å². The molecule has 0 aliphatic rings. The van der Waals surface area contributed by atoms with E-state index >= 15 is 0 Å². The zero-order chi connectivity index (χ0) is 13.5. The molecule has 0 fully saturated rings. The van der Waals surface area contributed by atoms with Gasteiger partial charge in [0.2, 0.25) is 5.91 Å². The fourth-order valence-electron chi connectivity index (χ4n) is 1.46. The Bertz CT molecular complexity index is 410. The SMILES string of the molecule is CNCc1ccc(SCC(=O)NC(C)C)cc1Cl. The molecule has 2 N–H and O–H groups in total. The first kappa shape index (κ1) is 15.3. The van der Waals surface area contributed by atoms with Crippen LogP contribution in [0.2, 0.25) is 5.02 Å². The van der Waals surface area contributed by atoms with E-state index in [1.807, 2.05) is 39.1 Å². The summed E-state index contributed by atoms with van der Waals surface area (Å²) in [7, 11) is 1.88. The third kappa shape index (κ3) is 5.29. The van der Waals surface area contributed by atoms with Crippen LogP contribution in [0.5, 0.6) is 0 Å². The van der Waals surface area contributed by atoms with Gasteiger partial charge in [-0.15, -0.1) is 11.8 Å². The van der Waals surface area contributed by atoms with E-state index in [0.717, 1.165) is 22.0 Å². The number of carbonyl (C=O) groups excluding carboxylic acids is 1. The number of carbonyl (C=O) groups is 1. The van der Waals surface area contributed by atoms with Crippen molar-refractivity contribution in [3.8, 4) is 0 Å². The van der Waals surface area contributed by atoms with Crippen molar-refractivity contribution in [3.63, 3.8) is 0 Å². The zero-order valence-corrected chi connectivity index (χ0v) is 12.5. The molecule has 3 nitrogen and oxygen atoms in total. The van der Waals surface area contributed by atoms with Crippen LogP contribution in [0.3, 0.4) is 0 Å². The van der Waals surface area contributed by atoms with Crippen LogP contribution < -0.4 is 10.6 Å². The van der Waals surface area contributed by atoms with Crippen LogP contribution in [0.25, 0.3) is 0 Å². The monoisotopic (exact) mass is 286 g/mol. The van der Waals surface area contributed by atoms with Crippen molar-refractivity contribution in [3.05, 3.63) is 28.8 Å². The fourth-order valence-corrected chi connectivity index (χ4v) is 2.52. The molecule has 0 saturated carbocycles. The summed E-state index contributed by atoms with van der Waals surface area (Å²) in [6, 6.07) is 6.06. The Morgan fingerprint density at radius 1 is 1.44 bits per heavy atom. The van der Waals surface area contributed by atoms with Crippen LogP contribution in [-0.2, 0) is 11.3 Å². The summed E-state index contributed by atoms with van der Waals surface area (Å²) in [5.41, 5.74) is 1.06. The smallest absolute Gasteiger partial charge is 0.230 e. The van der Waals surface area contributed by atoms with Crippen molar-refractivity contribution in [2.75, 3.05) is 12.8 Å². The number of nitrogens with one attached hydrogen (secondary N) is 2. The topological polar surface area (TPSA) is 41.1 Å². The zero-order valence-electron chi connectivity index (χ0n) is 10.9. The minimum atomic E-state index is 0.0467. The predicted octanol–water partition coefficient (Wildman–Crippen LogP) is 2.68. The Kier molecular flexibility index (Phi) is 6.54. The summed E-state index contributed by atoms with van der Waals surface area (Å²) in [6.07, 6.45) is 0. The summed E-state index contributed by atoms with van der Waals surface area (Å²) >= 11 is 7.65. The number of rotatable bonds is 6. The highest BCUT2D eigenvalue weighted by molar-refractivity contribution is 8.00. The van der Waals surface area contributed by atoms with Crippen molar-refractivity contribution >= 4 is 29.3 Å². The van der Waals surface area contributed by atoms with E-state index in [4.69, 9.17) is 11.6 Å². The number of thioether (sulfide) groups is 1. The molecule has 0 aromatic heterocycles. The van der Waals surface area contributed by atoms with E-state index in [9.17, 15) is 4.79 Å². The molecule has 0 aliphatic heterocycles. The Balaban J connectivity index is 2.53. The van der Waals surface area contributed by atoms with Crippen molar-refractivity contribution in [1.82, 2.24) is 10.6 Å². The van der Waals surface area contributed by atoms with Gasteiger partial charge < -0.3 is 10.6 Å². The maximum Gasteiger partial charge on any atom is 0.230 e.